The number of aromatic nitrogens is 1. The summed E-state index contributed by atoms with van der Waals surface area (Å²) >= 11 is 1.01. The number of nitrogens with one attached hydrogen (secondary N) is 1. The van der Waals surface area contributed by atoms with Crippen molar-refractivity contribution in [1.82, 2.24) is 4.98 Å². The molecule has 0 radical (unpaired) electrons. The molecule has 0 spiro atoms. The van der Waals surface area contributed by atoms with E-state index in [2.05, 4.69) is 15.2 Å². The SMILES string of the molecule is O=C(/C=C/c1ccc([N+](=O)[O-])s1)Nc1ccc(N2CCOCC2)nc1. The maximum atomic E-state index is 11.9. The van der Waals surface area contributed by atoms with Crippen molar-refractivity contribution in [2.24, 2.45) is 0 Å². The third-order valence-electron chi connectivity index (χ3n) is 3.54. The van der Waals surface area contributed by atoms with Gasteiger partial charge in [-0.05, 0) is 24.3 Å². The summed E-state index contributed by atoms with van der Waals surface area (Å²) in [5, 5.41) is 13.4. The van der Waals surface area contributed by atoms with Crippen LogP contribution in [0.15, 0.2) is 36.5 Å². The van der Waals surface area contributed by atoms with Gasteiger partial charge in [0.05, 0.1) is 30.0 Å². The largest absolute Gasteiger partial charge is 0.378 e. The lowest BCUT2D eigenvalue weighted by atomic mass is 10.3. The number of thiophene rings is 1. The van der Waals surface area contributed by atoms with Crippen molar-refractivity contribution < 1.29 is 14.5 Å². The minimum atomic E-state index is -0.455. The lowest BCUT2D eigenvalue weighted by Crippen LogP contribution is -2.36. The molecule has 0 aliphatic carbocycles. The Labute approximate surface area is 147 Å². The first kappa shape index (κ1) is 17.1. The van der Waals surface area contributed by atoms with E-state index >= 15 is 0 Å². The van der Waals surface area contributed by atoms with Crippen molar-refractivity contribution in [2.75, 3.05) is 36.5 Å². The van der Waals surface area contributed by atoms with Gasteiger partial charge < -0.3 is 15.0 Å². The monoisotopic (exact) mass is 360 g/mol. The van der Waals surface area contributed by atoms with E-state index in [1.807, 2.05) is 6.07 Å². The van der Waals surface area contributed by atoms with Crippen LogP contribution in [0.2, 0.25) is 0 Å². The molecule has 0 saturated carbocycles. The van der Waals surface area contributed by atoms with Crippen molar-refractivity contribution in [3.8, 4) is 0 Å². The van der Waals surface area contributed by atoms with Crippen LogP contribution in [0.4, 0.5) is 16.5 Å². The predicted molar refractivity (Wildman–Crippen MR) is 95.9 cm³/mol. The van der Waals surface area contributed by atoms with Crippen LogP contribution in [0, 0.1) is 10.1 Å². The van der Waals surface area contributed by atoms with Gasteiger partial charge in [-0.15, -0.1) is 0 Å². The first-order chi connectivity index (χ1) is 12.1. The highest BCUT2D eigenvalue weighted by Gasteiger charge is 2.12. The van der Waals surface area contributed by atoms with Gasteiger partial charge in [0.25, 0.3) is 0 Å². The van der Waals surface area contributed by atoms with Gasteiger partial charge in [0.15, 0.2) is 0 Å². The van der Waals surface area contributed by atoms with Crippen LogP contribution in [0.25, 0.3) is 6.08 Å². The zero-order valence-electron chi connectivity index (χ0n) is 13.3. The van der Waals surface area contributed by atoms with Gasteiger partial charge in [-0.25, -0.2) is 4.98 Å². The molecule has 130 valence electrons. The lowest BCUT2D eigenvalue weighted by Gasteiger charge is -2.27. The van der Waals surface area contributed by atoms with E-state index in [1.54, 1.807) is 24.4 Å². The number of carbonyl (C=O) groups excluding carboxylic acids is 1. The fourth-order valence-corrected chi connectivity index (χ4v) is 3.04. The number of rotatable bonds is 5. The van der Waals surface area contributed by atoms with Crippen LogP contribution in [0.3, 0.4) is 0 Å². The van der Waals surface area contributed by atoms with Crippen LogP contribution in [0.1, 0.15) is 4.88 Å². The fourth-order valence-electron chi connectivity index (χ4n) is 2.31. The third kappa shape index (κ3) is 4.61. The van der Waals surface area contributed by atoms with E-state index in [1.165, 1.54) is 12.1 Å². The molecule has 3 heterocycles. The standard InChI is InChI=1S/C16H16N4O4S/c21-15(5-2-13-3-6-16(25-13)20(22)23)18-12-1-4-14(17-11-12)19-7-9-24-10-8-19/h1-6,11H,7-10H2,(H,18,21)/b5-2+. The number of morpholine rings is 1. The summed E-state index contributed by atoms with van der Waals surface area (Å²) < 4.78 is 5.30. The summed E-state index contributed by atoms with van der Waals surface area (Å²) in [6.45, 7) is 2.97. The second-order valence-corrected chi connectivity index (χ2v) is 6.35. The maximum Gasteiger partial charge on any atom is 0.324 e. The normalized spacial score (nSPS) is 14.6. The van der Waals surface area contributed by atoms with E-state index in [0.717, 1.165) is 30.2 Å². The van der Waals surface area contributed by atoms with Crippen LogP contribution in [-0.4, -0.2) is 42.1 Å². The van der Waals surface area contributed by atoms with Gasteiger partial charge in [0, 0.05) is 30.1 Å². The van der Waals surface area contributed by atoms with E-state index in [0.29, 0.717) is 23.8 Å². The summed E-state index contributed by atoms with van der Waals surface area (Å²) in [6, 6.07) is 6.66. The molecule has 0 bridgehead atoms. The quantitative estimate of drug-likeness (QED) is 0.500. The van der Waals surface area contributed by atoms with Crippen LogP contribution in [0.5, 0.6) is 0 Å². The third-order valence-corrected chi connectivity index (χ3v) is 4.54. The van der Waals surface area contributed by atoms with Crippen LogP contribution in [-0.2, 0) is 9.53 Å². The molecule has 1 aliphatic heterocycles. The van der Waals surface area contributed by atoms with Crippen molar-refractivity contribution in [2.45, 2.75) is 0 Å². The van der Waals surface area contributed by atoms with Gasteiger partial charge in [-0.2, -0.15) is 0 Å². The van der Waals surface area contributed by atoms with E-state index in [-0.39, 0.29) is 10.9 Å². The van der Waals surface area contributed by atoms with Crippen molar-refractivity contribution in [3.63, 3.8) is 0 Å². The number of ether oxygens (including phenoxy) is 1. The van der Waals surface area contributed by atoms with E-state index in [9.17, 15) is 14.9 Å². The van der Waals surface area contributed by atoms with Crippen molar-refractivity contribution in [3.05, 3.63) is 51.5 Å². The zero-order chi connectivity index (χ0) is 17.6. The topological polar surface area (TPSA) is 97.6 Å². The molecular weight excluding hydrogens is 344 g/mol. The Morgan fingerprint density at radius 1 is 1.32 bits per heavy atom. The molecule has 8 nitrogen and oxygen atoms in total. The number of carbonyl (C=O) groups is 1. The highest BCUT2D eigenvalue weighted by atomic mass is 32.1. The molecule has 3 rings (SSSR count). The molecule has 0 unspecified atom stereocenters. The molecule has 25 heavy (non-hydrogen) atoms. The van der Waals surface area contributed by atoms with Gasteiger partial charge in [-0.3, -0.25) is 14.9 Å². The predicted octanol–water partition coefficient (Wildman–Crippen LogP) is 2.54. The summed E-state index contributed by atoms with van der Waals surface area (Å²) in [5.41, 5.74) is 0.587. The smallest absolute Gasteiger partial charge is 0.324 e. The zero-order valence-corrected chi connectivity index (χ0v) is 14.1. The summed E-state index contributed by atoms with van der Waals surface area (Å²) in [6.07, 6.45) is 4.49. The molecule has 2 aromatic rings. The Kier molecular flexibility index (Phi) is 5.36. The number of nitro groups is 1. The molecule has 1 N–H and O–H groups in total. The number of pyridine rings is 1. The second kappa shape index (κ2) is 7.86. The van der Waals surface area contributed by atoms with Gasteiger partial charge >= 0.3 is 5.00 Å². The van der Waals surface area contributed by atoms with Crippen molar-refractivity contribution in [1.29, 1.82) is 0 Å². The average molecular weight is 360 g/mol. The lowest BCUT2D eigenvalue weighted by molar-refractivity contribution is -0.380. The molecule has 0 aromatic carbocycles. The molecule has 2 aromatic heterocycles. The minimum absolute atomic E-state index is 0.0444. The number of nitrogens with zero attached hydrogens (tertiary/aromatic N) is 3. The first-order valence-corrected chi connectivity index (χ1v) is 8.45. The van der Waals surface area contributed by atoms with E-state index in [4.69, 9.17) is 4.74 Å². The first-order valence-electron chi connectivity index (χ1n) is 7.64. The summed E-state index contributed by atoms with van der Waals surface area (Å²) in [5.74, 6) is 0.528. The number of amides is 1. The van der Waals surface area contributed by atoms with Gasteiger partial charge in [0.1, 0.15) is 5.82 Å². The molecule has 1 amide bonds. The molecular formula is C16H16N4O4S. The molecule has 1 saturated heterocycles. The maximum absolute atomic E-state index is 11.9. The minimum Gasteiger partial charge on any atom is -0.378 e. The highest BCUT2D eigenvalue weighted by Crippen LogP contribution is 2.24. The van der Waals surface area contributed by atoms with Crippen LogP contribution >= 0.6 is 11.3 Å². The summed E-state index contributed by atoms with van der Waals surface area (Å²) in [4.78, 5) is 29.2. The van der Waals surface area contributed by atoms with Gasteiger partial charge in [-0.1, -0.05) is 11.3 Å². The molecule has 0 atom stereocenters. The number of anilines is 2. The Morgan fingerprint density at radius 3 is 2.76 bits per heavy atom. The average Bonchev–Trinajstić information content (AvgIpc) is 3.11. The Bertz CT molecular complexity index is 782. The number of hydrogen-bond acceptors (Lipinski definition) is 7. The van der Waals surface area contributed by atoms with Gasteiger partial charge in [0.2, 0.25) is 5.91 Å². The number of hydrogen-bond donors (Lipinski definition) is 1. The Morgan fingerprint density at radius 2 is 2.12 bits per heavy atom. The fraction of sp³-hybridized carbons (Fsp3) is 0.250. The van der Waals surface area contributed by atoms with Crippen LogP contribution < -0.4 is 10.2 Å². The van der Waals surface area contributed by atoms with E-state index < -0.39 is 4.92 Å². The second-order valence-electron chi connectivity index (χ2n) is 5.26. The molecule has 1 aliphatic rings. The van der Waals surface area contributed by atoms with Crippen molar-refractivity contribution >= 4 is 39.8 Å². The highest BCUT2D eigenvalue weighted by molar-refractivity contribution is 7.16. The molecule has 1 fully saturated rings. The Hall–Kier alpha value is -2.78. The Balaban J connectivity index is 1.56. The summed E-state index contributed by atoms with van der Waals surface area (Å²) in [7, 11) is 0. The molecule has 9 heteroatoms.